The van der Waals surface area contributed by atoms with E-state index in [0.717, 1.165) is 12.8 Å². The molecule has 1 aromatic heterocycles. The van der Waals surface area contributed by atoms with Crippen molar-refractivity contribution < 1.29 is 5.11 Å². The molecule has 0 fully saturated rings. The third-order valence-corrected chi connectivity index (χ3v) is 4.01. The van der Waals surface area contributed by atoms with E-state index >= 15 is 0 Å². The molecule has 1 rings (SSSR count). The lowest BCUT2D eigenvalue weighted by atomic mass is 9.88. The van der Waals surface area contributed by atoms with Gasteiger partial charge in [-0.05, 0) is 25.0 Å². The van der Waals surface area contributed by atoms with Gasteiger partial charge in [0.05, 0.1) is 0 Å². The van der Waals surface area contributed by atoms with E-state index < -0.39 is 0 Å². The highest BCUT2D eigenvalue weighted by molar-refractivity contribution is 7.12. The highest BCUT2D eigenvalue weighted by atomic mass is 32.1. The van der Waals surface area contributed by atoms with Crippen molar-refractivity contribution in [3.63, 3.8) is 0 Å². The summed E-state index contributed by atoms with van der Waals surface area (Å²) in [4.78, 5) is 2.82. The van der Waals surface area contributed by atoms with E-state index in [4.69, 9.17) is 5.11 Å². The molecule has 0 radical (unpaired) electrons. The van der Waals surface area contributed by atoms with Gasteiger partial charge < -0.3 is 5.11 Å². The van der Waals surface area contributed by atoms with E-state index in [1.54, 1.807) is 0 Å². The SMILES string of the molecule is CCc1ccc(C(C)(C)CCO)s1. The van der Waals surface area contributed by atoms with Gasteiger partial charge in [0.1, 0.15) is 0 Å². The van der Waals surface area contributed by atoms with Gasteiger partial charge in [-0.2, -0.15) is 0 Å². The molecule has 1 heterocycles. The second-order valence-corrected chi connectivity index (χ2v) is 5.15. The molecule has 1 aromatic rings. The number of rotatable bonds is 4. The summed E-state index contributed by atoms with van der Waals surface area (Å²) in [6.45, 7) is 6.82. The van der Waals surface area contributed by atoms with Crippen molar-refractivity contribution in [3.8, 4) is 0 Å². The minimum atomic E-state index is 0.132. The zero-order valence-electron chi connectivity index (χ0n) is 8.63. The average Bonchev–Trinajstić information content (AvgIpc) is 2.52. The van der Waals surface area contributed by atoms with Crippen molar-refractivity contribution in [2.24, 2.45) is 0 Å². The molecule has 1 N–H and O–H groups in total. The van der Waals surface area contributed by atoms with E-state index in [9.17, 15) is 0 Å². The van der Waals surface area contributed by atoms with Gasteiger partial charge in [0.15, 0.2) is 0 Å². The van der Waals surface area contributed by atoms with Crippen molar-refractivity contribution >= 4 is 11.3 Å². The van der Waals surface area contributed by atoms with Crippen LogP contribution in [0.5, 0.6) is 0 Å². The molecule has 0 atom stereocenters. The van der Waals surface area contributed by atoms with Crippen LogP contribution in [0.3, 0.4) is 0 Å². The lowest BCUT2D eigenvalue weighted by Crippen LogP contribution is -2.16. The molecule has 0 saturated heterocycles. The van der Waals surface area contributed by atoms with Crippen LogP contribution in [0.4, 0.5) is 0 Å². The highest BCUT2D eigenvalue weighted by Gasteiger charge is 2.21. The van der Waals surface area contributed by atoms with Gasteiger partial charge in [-0.3, -0.25) is 0 Å². The van der Waals surface area contributed by atoms with Crippen molar-refractivity contribution in [3.05, 3.63) is 21.9 Å². The van der Waals surface area contributed by atoms with Gasteiger partial charge in [0.2, 0.25) is 0 Å². The fraction of sp³-hybridized carbons (Fsp3) is 0.636. The Kier molecular flexibility index (Phi) is 3.51. The zero-order chi connectivity index (χ0) is 9.90. The fourth-order valence-corrected chi connectivity index (χ4v) is 2.41. The zero-order valence-corrected chi connectivity index (χ0v) is 9.45. The van der Waals surface area contributed by atoms with Gasteiger partial charge in [0.25, 0.3) is 0 Å². The maximum atomic E-state index is 8.93. The van der Waals surface area contributed by atoms with Gasteiger partial charge >= 0.3 is 0 Å². The first-order valence-electron chi connectivity index (χ1n) is 4.80. The van der Waals surface area contributed by atoms with Crippen LogP contribution >= 0.6 is 11.3 Å². The Morgan fingerprint density at radius 1 is 1.38 bits per heavy atom. The van der Waals surface area contributed by atoms with E-state index in [1.165, 1.54) is 9.75 Å². The number of aryl methyl sites for hydroxylation is 1. The predicted octanol–water partition coefficient (Wildman–Crippen LogP) is 2.97. The molecule has 0 spiro atoms. The molecule has 0 unspecified atom stereocenters. The molecular formula is C11H18OS. The molecule has 1 nitrogen and oxygen atoms in total. The first-order valence-corrected chi connectivity index (χ1v) is 5.62. The van der Waals surface area contributed by atoms with Crippen molar-refractivity contribution in [2.45, 2.75) is 39.0 Å². The maximum Gasteiger partial charge on any atom is 0.0439 e. The van der Waals surface area contributed by atoms with Crippen molar-refractivity contribution in [1.29, 1.82) is 0 Å². The second kappa shape index (κ2) is 4.25. The average molecular weight is 198 g/mol. The van der Waals surface area contributed by atoms with Gasteiger partial charge in [-0.25, -0.2) is 0 Å². The topological polar surface area (TPSA) is 20.2 Å². The summed E-state index contributed by atoms with van der Waals surface area (Å²) >= 11 is 1.87. The first kappa shape index (κ1) is 10.7. The number of thiophene rings is 1. The van der Waals surface area contributed by atoms with Gasteiger partial charge in [-0.15, -0.1) is 11.3 Å². The number of hydrogen-bond acceptors (Lipinski definition) is 2. The minimum Gasteiger partial charge on any atom is -0.396 e. The Labute approximate surface area is 84.4 Å². The van der Waals surface area contributed by atoms with E-state index in [2.05, 4.69) is 32.9 Å². The quantitative estimate of drug-likeness (QED) is 0.788. The molecule has 2 heteroatoms. The Morgan fingerprint density at radius 2 is 2.08 bits per heavy atom. The third-order valence-electron chi connectivity index (χ3n) is 2.41. The van der Waals surface area contributed by atoms with Crippen molar-refractivity contribution in [1.82, 2.24) is 0 Å². The summed E-state index contributed by atoms with van der Waals surface area (Å²) in [5, 5.41) is 8.93. The number of aliphatic hydroxyl groups is 1. The van der Waals surface area contributed by atoms with Crippen LogP contribution in [-0.2, 0) is 11.8 Å². The van der Waals surface area contributed by atoms with Crippen LogP contribution in [0.1, 0.15) is 36.9 Å². The molecule has 0 amide bonds. The predicted molar refractivity (Wildman–Crippen MR) is 58.4 cm³/mol. The number of hydrogen-bond donors (Lipinski definition) is 1. The largest absolute Gasteiger partial charge is 0.396 e. The Morgan fingerprint density at radius 3 is 2.54 bits per heavy atom. The molecule has 13 heavy (non-hydrogen) atoms. The Bertz CT molecular complexity index is 263. The van der Waals surface area contributed by atoms with E-state index in [0.29, 0.717) is 0 Å². The molecule has 0 saturated carbocycles. The molecule has 0 aliphatic rings. The summed E-state index contributed by atoms with van der Waals surface area (Å²) in [7, 11) is 0. The summed E-state index contributed by atoms with van der Waals surface area (Å²) < 4.78 is 0. The van der Waals surface area contributed by atoms with Gasteiger partial charge in [-0.1, -0.05) is 20.8 Å². The minimum absolute atomic E-state index is 0.132. The lowest BCUT2D eigenvalue weighted by Gasteiger charge is -2.21. The Balaban J connectivity index is 2.80. The molecule has 0 aliphatic heterocycles. The number of aliphatic hydroxyl groups excluding tert-OH is 1. The van der Waals surface area contributed by atoms with Crippen LogP contribution in [-0.4, -0.2) is 11.7 Å². The normalized spacial score (nSPS) is 12.0. The monoisotopic (exact) mass is 198 g/mol. The van der Waals surface area contributed by atoms with E-state index in [1.807, 2.05) is 11.3 Å². The van der Waals surface area contributed by atoms with Crippen LogP contribution in [0.2, 0.25) is 0 Å². The molecule has 74 valence electrons. The summed E-state index contributed by atoms with van der Waals surface area (Å²) in [6, 6.07) is 4.39. The Hall–Kier alpha value is -0.340. The van der Waals surface area contributed by atoms with Crippen LogP contribution in [0.25, 0.3) is 0 Å². The molecule has 0 bridgehead atoms. The standard InChI is InChI=1S/C11H18OS/c1-4-9-5-6-10(13-9)11(2,3)7-8-12/h5-6,12H,4,7-8H2,1-3H3. The summed E-state index contributed by atoms with van der Waals surface area (Å²) in [5.41, 5.74) is 0.132. The van der Waals surface area contributed by atoms with E-state index in [-0.39, 0.29) is 12.0 Å². The summed E-state index contributed by atoms with van der Waals surface area (Å²) in [5.74, 6) is 0. The maximum absolute atomic E-state index is 8.93. The fourth-order valence-electron chi connectivity index (χ4n) is 1.33. The highest BCUT2D eigenvalue weighted by Crippen LogP contribution is 2.32. The van der Waals surface area contributed by atoms with Crippen molar-refractivity contribution in [2.75, 3.05) is 6.61 Å². The smallest absolute Gasteiger partial charge is 0.0439 e. The lowest BCUT2D eigenvalue weighted by molar-refractivity contribution is 0.254. The van der Waals surface area contributed by atoms with Gasteiger partial charge in [0, 0.05) is 21.8 Å². The van der Waals surface area contributed by atoms with Crippen LogP contribution in [0.15, 0.2) is 12.1 Å². The summed E-state index contributed by atoms with van der Waals surface area (Å²) in [6.07, 6.45) is 1.95. The molecular weight excluding hydrogens is 180 g/mol. The molecule has 0 aromatic carbocycles. The second-order valence-electron chi connectivity index (χ2n) is 3.98. The third kappa shape index (κ3) is 2.55. The van der Waals surface area contributed by atoms with Crippen LogP contribution < -0.4 is 0 Å². The van der Waals surface area contributed by atoms with Crippen LogP contribution in [0, 0.1) is 0 Å². The first-order chi connectivity index (χ1) is 6.10. The molecule has 0 aliphatic carbocycles.